The van der Waals surface area contributed by atoms with Gasteiger partial charge in [0.1, 0.15) is 12.3 Å². The molecule has 0 unspecified atom stereocenters. The standard InChI is InChI=1S/C19H21NO3S/c1-4-20(5-2)11-14-15(21)7-6-13-18(22)16(23-19(13)14)10-17-12(3)8-9-24-17/h6-10,21H,4-5,11H2,1-3H3. The summed E-state index contributed by atoms with van der Waals surface area (Å²) in [5, 5.41) is 14.3. The van der Waals surface area contributed by atoms with Gasteiger partial charge in [-0.25, -0.2) is 0 Å². The molecule has 0 bridgehead atoms. The number of Topliss-reactive ketones (excluding diaryl/α,β-unsaturated/α-hetero) is 1. The Morgan fingerprint density at radius 1 is 1.25 bits per heavy atom. The smallest absolute Gasteiger partial charge is 0.232 e. The van der Waals surface area contributed by atoms with Gasteiger partial charge in [0.2, 0.25) is 5.78 Å². The van der Waals surface area contributed by atoms with E-state index in [1.54, 1.807) is 23.5 Å². The number of benzene rings is 1. The van der Waals surface area contributed by atoms with Crippen LogP contribution in [0.25, 0.3) is 6.08 Å². The van der Waals surface area contributed by atoms with E-state index in [1.807, 2.05) is 18.4 Å². The molecule has 1 aliphatic rings. The maximum absolute atomic E-state index is 12.6. The lowest BCUT2D eigenvalue weighted by molar-refractivity contribution is -0.910. The summed E-state index contributed by atoms with van der Waals surface area (Å²) in [6.07, 6.45) is 1.78. The lowest BCUT2D eigenvalue weighted by atomic mass is 10.0. The first kappa shape index (κ1) is 16.7. The van der Waals surface area contributed by atoms with Crippen LogP contribution in [-0.2, 0) is 6.54 Å². The molecule has 2 heterocycles. The molecule has 1 N–H and O–H groups in total. The Morgan fingerprint density at radius 2 is 2.00 bits per heavy atom. The second-order valence-corrected chi connectivity index (χ2v) is 6.91. The van der Waals surface area contributed by atoms with E-state index in [1.165, 1.54) is 11.0 Å². The minimum atomic E-state index is -0.145. The van der Waals surface area contributed by atoms with Gasteiger partial charge in [-0.1, -0.05) is 11.8 Å². The predicted molar refractivity (Wildman–Crippen MR) is 93.6 cm³/mol. The summed E-state index contributed by atoms with van der Waals surface area (Å²) in [5.74, 6) is 0.549. The van der Waals surface area contributed by atoms with E-state index in [9.17, 15) is 9.90 Å². The van der Waals surface area contributed by atoms with Gasteiger partial charge in [0, 0.05) is 16.5 Å². The van der Waals surface area contributed by atoms with Crippen LogP contribution in [0.15, 0.2) is 29.3 Å². The number of quaternary nitrogens is 1. The van der Waals surface area contributed by atoms with Gasteiger partial charge < -0.3 is 14.7 Å². The van der Waals surface area contributed by atoms with Gasteiger partial charge in [0.15, 0.2) is 5.76 Å². The molecule has 0 saturated carbocycles. The van der Waals surface area contributed by atoms with Crippen molar-refractivity contribution in [3.63, 3.8) is 0 Å². The third kappa shape index (κ3) is 2.97. The molecule has 4 nitrogen and oxygen atoms in total. The summed E-state index contributed by atoms with van der Waals surface area (Å²) >= 11 is 1.57. The van der Waals surface area contributed by atoms with Crippen molar-refractivity contribution >= 4 is 23.2 Å². The molecule has 0 fully saturated rings. The quantitative estimate of drug-likeness (QED) is 0.847. The van der Waals surface area contributed by atoms with Crippen LogP contribution in [0.5, 0.6) is 11.5 Å². The van der Waals surface area contributed by atoms with Gasteiger partial charge in [-0.05, 0) is 43.8 Å². The lowest BCUT2D eigenvalue weighted by Crippen LogP contribution is -3.10. The van der Waals surface area contributed by atoms with E-state index in [0.29, 0.717) is 29.2 Å². The molecule has 0 aliphatic carbocycles. The second-order valence-electron chi connectivity index (χ2n) is 5.96. The SMILES string of the molecule is CC[NH+](CC)Cc1c([O-])ccc2c1OC(=Cc1sccc1C)C2=O. The van der Waals surface area contributed by atoms with Gasteiger partial charge >= 0.3 is 0 Å². The first-order valence-corrected chi connectivity index (χ1v) is 9.07. The summed E-state index contributed by atoms with van der Waals surface area (Å²) in [6.45, 7) is 8.59. The summed E-state index contributed by atoms with van der Waals surface area (Å²) in [4.78, 5) is 14.9. The molecule has 2 aromatic rings. The normalized spacial score (nSPS) is 15.2. The molecule has 0 saturated heterocycles. The number of hydrogen-bond acceptors (Lipinski definition) is 4. The van der Waals surface area contributed by atoms with Crippen LogP contribution in [-0.4, -0.2) is 18.9 Å². The van der Waals surface area contributed by atoms with Crippen molar-refractivity contribution in [1.29, 1.82) is 0 Å². The van der Waals surface area contributed by atoms with E-state index < -0.39 is 0 Å². The Kier molecular flexibility index (Phi) is 4.73. The van der Waals surface area contributed by atoms with Gasteiger partial charge in [0.05, 0.1) is 18.7 Å². The average molecular weight is 343 g/mol. The number of carbonyl (C=O) groups excluding carboxylic acids is 1. The summed E-state index contributed by atoms with van der Waals surface area (Å²) in [7, 11) is 0. The van der Waals surface area contributed by atoms with E-state index in [2.05, 4.69) is 13.8 Å². The Hall–Kier alpha value is -2.11. The highest BCUT2D eigenvalue weighted by molar-refractivity contribution is 7.11. The van der Waals surface area contributed by atoms with E-state index in [-0.39, 0.29) is 11.5 Å². The number of ether oxygens (including phenoxy) is 1. The average Bonchev–Trinajstić information content (AvgIpc) is 3.11. The van der Waals surface area contributed by atoms with Crippen LogP contribution in [0.2, 0.25) is 0 Å². The zero-order valence-electron chi connectivity index (χ0n) is 14.1. The van der Waals surface area contributed by atoms with Crippen molar-refractivity contribution in [1.82, 2.24) is 0 Å². The van der Waals surface area contributed by atoms with Crippen LogP contribution in [0.3, 0.4) is 0 Å². The molecule has 0 amide bonds. The van der Waals surface area contributed by atoms with Gasteiger partial charge in [-0.3, -0.25) is 4.79 Å². The fourth-order valence-corrected chi connectivity index (χ4v) is 3.71. The third-order valence-electron chi connectivity index (χ3n) is 4.49. The van der Waals surface area contributed by atoms with E-state index in [0.717, 1.165) is 23.5 Å². The van der Waals surface area contributed by atoms with Gasteiger partial charge in [-0.2, -0.15) is 0 Å². The number of fused-ring (bicyclic) bond motifs is 1. The van der Waals surface area contributed by atoms with Crippen molar-refractivity contribution in [3.8, 4) is 11.5 Å². The molecule has 3 rings (SSSR count). The maximum atomic E-state index is 12.6. The Labute approximate surface area is 146 Å². The first-order valence-electron chi connectivity index (χ1n) is 8.19. The third-order valence-corrected chi connectivity index (χ3v) is 5.45. The number of hydrogen-bond donors (Lipinski definition) is 1. The summed E-state index contributed by atoms with van der Waals surface area (Å²) in [6, 6.07) is 5.08. The lowest BCUT2D eigenvalue weighted by Gasteiger charge is -2.21. The highest BCUT2D eigenvalue weighted by Crippen LogP contribution is 2.38. The summed E-state index contributed by atoms with van der Waals surface area (Å²) < 4.78 is 5.85. The molecule has 1 aromatic heterocycles. The monoisotopic (exact) mass is 343 g/mol. The highest BCUT2D eigenvalue weighted by atomic mass is 32.1. The number of thiophene rings is 1. The predicted octanol–water partition coefficient (Wildman–Crippen LogP) is 2.17. The molecule has 0 radical (unpaired) electrons. The summed E-state index contributed by atoms with van der Waals surface area (Å²) in [5.41, 5.74) is 2.21. The Balaban J connectivity index is 1.99. The molecule has 5 heteroatoms. The van der Waals surface area contributed by atoms with E-state index >= 15 is 0 Å². The largest absolute Gasteiger partial charge is 0.872 e. The van der Waals surface area contributed by atoms with Crippen LogP contribution < -0.4 is 14.7 Å². The van der Waals surface area contributed by atoms with Crippen LogP contribution >= 0.6 is 11.3 Å². The van der Waals surface area contributed by atoms with Crippen LogP contribution in [0, 0.1) is 6.92 Å². The fraction of sp³-hybridized carbons (Fsp3) is 0.316. The highest BCUT2D eigenvalue weighted by Gasteiger charge is 2.31. The molecular weight excluding hydrogens is 322 g/mol. The van der Waals surface area contributed by atoms with Crippen molar-refractivity contribution in [2.24, 2.45) is 0 Å². The number of ketones is 1. The topological polar surface area (TPSA) is 53.8 Å². The second kappa shape index (κ2) is 6.79. The van der Waals surface area contributed by atoms with Gasteiger partial charge in [-0.15, -0.1) is 11.3 Å². The van der Waals surface area contributed by atoms with Crippen molar-refractivity contribution in [2.75, 3.05) is 13.1 Å². The van der Waals surface area contributed by atoms with Gasteiger partial charge in [0.25, 0.3) is 0 Å². The first-order chi connectivity index (χ1) is 11.5. The molecule has 1 aromatic carbocycles. The Bertz CT molecular complexity index is 803. The maximum Gasteiger partial charge on any atom is 0.232 e. The Morgan fingerprint density at radius 3 is 2.62 bits per heavy atom. The van der Waals surface area contributed by atoms with Crippen LogP contribution in [0.4, 0.5) is 0 Å². The minimum absolute atomic E-state index is 0.0606. The van der Waals surface area contributed by atoms with Crippen LogP contribution in [0.1, 0.15) is 40.2 Å². The minimum Gasteiger partial charge on any atom is -0.872 e. The molecule has 1 aliphatic heterocycles. The van der Waals surface area contributed by atoms with Crippen molar-refractivity contribution in [2.45, 2.75) is 27.3 Å². The molecule has 0 spiro atoms. The van der Waals surface area contributed by atoms with Crippen molar-refractivity contribution in [3.05, 3.63) is 50.9 Å². The number of rotatable bonds is 5. The number of aryl methyl sites for hydroxylation is 1. The molecular formula is C19H21NO3S. The molecule has 0 atom stereocenters. The zero-order chi connectivity index (χ0) is 17.3. The number of allylic oxidation sites excluding steroid dienone is 1. The molecule has 24 heavy (non-hydrogen) atoms. The fourth-order valence-electron chi connectivity index (χ4n) is 2.86. The molecule has 126 valence electrons. The number of nitrogens with one attached hydrogen (secondary N) is 1. The zero-order valence-corrected chi connectivity index (χ0v) is 15.0. The van der Waals surface area contributed by atoms with E-state index in [4.69, 9.17) is 4.74 Å². The van der Waals surface area contributed by atoms with Crippen molar-refractivity contribution < 1.29 is 19.5 Å². The number of carbonyl (C=O) groups is 1.